The Morgan fingerprint density at radius 2 is 2.08 bits per heavy atom. The topological polar surface area (TPSA) is 97.1 Å². The summed E-state index contributed by atoms with van der Waals surface area (Å²) in [6.07, 6.45) is 1.45. The minimum Gasteiger partial charge on any atom is -0.497 e. The molecule has 1 aromatic heterocycles. The van der Waals surface area contributed by atoms with E-state index in [1.54, 1.807) is 18.2 Å². The Kier molecular flexibility index (Phi) is 6.08. The summed E-state index contributed by atoms with van der Waals surface area (Å²) in [5.74, 6) is 0.781. The summed E-state index contributed by atoms with van der Waals surface area (Å²) in [6.45, 7) is 3.98. The first-order chi connectivity index (χ1) is 12.0. The number of nitriles is 1. The predicted molar refractivity (Wildman–Crippen MR) is 95.8 cm³/mol. The maximum Gasteiger partial charge on any atom is 0.268 e. The van der Waals surface area contributed by atoms with Gasteiger partial charge in [-0.25, -0.2) is 0 Å². The molecule has 0 aliphatic rings. The first-order valence-corrected chi connectivity index (χ1v) is 8.28. The van der Waals surface area contributed by atoms with Gasteiger partial charge in [-0.1, -0.05) is 25.2 Å². The summed E-state index contributed by atoms with van der Waals surface area (Å²) in [5, 5.41) is 21.0. The Hall–Kier alpha value is -2.92. The van der Waals surface area contributed by atoms with E-state index in [4.69, 9.17) is 9.47 Å². The lowest BCUT2D eigenvalue weighted by atomic mass is 10.1. The molecule has 7 nitrogen and oxygen atoms in total. The molecule has 2 aromatic rings. The van der Waals surface area contributed by atoms with Crippen molar-refractivity contribution in [2.24, 2.45) is 0 Å². The third-order valence-electron chi connectivity index (χ3n) is 3.26. The van der Waals surface area contributed by atoms with Crippen molar-refractivity contribution in [1.82, 2.24) is 10.2 Å². The van der Waals surface area contributed by atoms with Crippen LogP contribution in [-0.4, -0.2) is 30.3 Å². The van der Waals surface area contributed by atoms with Crippen LogP contribution in [0.4, 0.5) is 5.13 Å². The highest BCUT2D eigenvalue weighted by Crippen LogP contribution is 2.27. The van der Waals surface area contributed by atoms with Crippen molar-refractivity contribution in [1.29, 1.82) is 5.26 Å². The van der Waals surface area contributed by atoms with Gasteiger partial charge in [0.25, 0.3) is 5.91 Å². The first-order valence-electron chi connectivity index (χ1n) is 7.47. The molecule has 0 atom stereocenters. The summed E-state index contributed by atoms with van der Waals surface area (Å²) in [7, 11) is 3.05. The number of carbonyl (C=O) groups is 1. The molecule has 0 aliphatic carbocycles. The van der Waals surface area contributed by atoms with Crippen molar-refractivity contribution < 1.29 is 14.3 Å². The van der Waals surface area contributed by atoms with Gasteiger partial charge in [-0.3, -0.25) is 10.1 Å². The molecule has 2 rings (SSSR count). The van der Waals surface area contributed by atoms with Gasteiger partial charge >= 0.3 is 0 Å². The first kappa shape index (κ1) is 18.4. The number of hydrogen-bond acceptors (Lipinski definition) is 7. The van der Waals surface area contributed by atoms with Gasteiger partial charge in [0.2, 0.25) is 5.13 Å². The van der Waals surface area contributed by atoms with E-state index in [0.29, 0.717) is 22.2 Å². The molecule has 0 bridgehead atoms. The maximum atomic E-state index is 12.3. The van der Waals surface area contributed by atoms with Crippen LogP contribution in [0.1, 0.15) is 30.3 Å². The molecule has 1 aromatic carbocycles. The third-order valence-corrected chi connectivity index (χ3v) is 4.40. The van der Waals surface area contributed by atoms with Crippen molar-refractivity contribution in [2.75, 3.05) is 19.5 Å². The van der Waals surface area contributed by atoms with E-state index >= 15 is 0 Å². The van der Waals surface area contributed by atoms with Crippen LogP contribution < -0.4 is 14.8 Å². The second kappa shape index (κ2) is 8.26. The molecule has 0 radical (unpaired) electrons. The molecule has 1 amide bonds. The second-order valence-electron chi connectivity index (χ2n) is 5.33. The maximum absolute atomic E-state index is 12.3. The Morgan fingerprint density at radius 3 is 2.64 bits per heavy atom. The minimum absolute atomic E-state index is 0.0761. The average molecular weight is 358 g/mol. The molecule has 25 heavy (non-hydrogen) atoms. The van der Waals surface area contributed by atoms with Gasteiger partial charge in [0.15, 0.2) is 0 Å². The normalized spacial score (nSPS) is 11.1. The van der Waals surface area contributed by atoms with E-state index in [2.05, 4.69) is 15.5 Å². The Balaban J connectivity index is 2.27. The van der Waals surface area contributed by atoms with E-state index in [9.17, 15) is 10.1 Å². The van der Waals surface area contributed by atoms with Crippen molar-refractivity contribution in [3.63, 3.8) is 0 Å². The van der Waals surface area contributed by atoms with E-state index in [1.165, 1.54) is 31.6 Å². The highest BCUT2D eigenvalue weighted by atomic mass is 32.1. The summed E-state index contributed by atoms with van der Waals surface area (Å²) < 4.78 is 10.4. The van der Waals surface area contributed by atoms with Crippen molar-refractivity contribution >= 4 is 28.5 Å². The van der Waals surface area contributed by atoms with E-state index in [0.717, 1.165) is 5.01 Å². The molecule has 1 N–H and O–H groups in total. The summed E-state index contributed by atoms with van der Waals surface area (Å²) in [5.41, 5.74) is 0.488. The lowest BCUT2D eigenvalue weighted by Gasteiger charge is -2.08. The summed E-state index contributed by atoms with van der Waals surface area (Å²) >= 11 is 1.28. The monoisotopic (exact) mass is 358 g/mol. The Labute approximate surface area is 149 Å². The molecular formula is C17H18N4O3S. The van der Waals surface area contributed by atoms with Crippen molar-refractivity contribution in [2.45, 2.75) is 19.8 Å². The molecule has 130 valence electrons. The van der Waals surface area contributed by atoms with Crippen LogP contribution in [0.5, 0.6) is 11.5 Å². The highest BCUT2D eigenvalue weighted by Gasteiger charge is 2.15. The molecule has 1 heterocycles. The zero-order valence-electron chi connectivity index (χ0n) is 14.4. The van der Waals surface area contributed by atoms with Crippen LogP contribution in [0, 0.1) is 11.3 Å². The number of nitrogens with one attached hydrogen (secondary N) is 1. The third kappa shape index (κ3) is 4.55. The van der Waals surface area contributed by atoms with Crippen molar-refractivity contribution in [3.8, 4) is 17.6 Å². The van der Waals surface area contributed by atoms with Crippen LogP contribution >= 0.6 is 11.3 Å². The molecule has 0 fully saturated rings. The number of methoxy groups -OCH3 is 2. The zero-order chi connectivity index (χ0) is 18.4. The Morgan fingerprint density at radius 1 is 1.32 bits per heavy atom. The average Bonchev–Trinajstić information content (AvgIpc) is 3.08. The van der Waals surface area contributed by atoms with Crippen LogP contribution in [0.2, 0.25) is 0 Å². The van der Waals surface area contributed by atoms with E-state index in [-0.39, 0.29) is 11.5 Å². The van der Waals surface area contributed by atoms with Gasteiger partial charge in [-0.15, -0.1) is 10.2 Å². The van der Waals surface area contributed by atoms with Crippen LogP contribution in [0.25, 0.3) is 6.08 Å². The van der Waals surface area contributed by atoms with Gasteiger partial charge in [0.1, 0.15) is 28.1 Å². The largest absolute Gasteiger partial charge is 0.497 e. The fourth-order valence-corrected chi connectivity index (χ4v) is 2.68. The van der Waals surface area contributed by atoms with E-state index in [1.807, 2.05) is 19.9 Å². The summed E-state index contributed by atoms with van der Waals surface area (Å²) in [6, 6.07) is 7.02. The highest BCUT2D eigenvalue weighted by molar-refractivity contribution is 7.15. The fraction of sp³-hybridized carbons (Fsp3) is 0.294. The lowest BCUT2D eigenvalue weighted by Crippen LogP contribution is -2.13. The smallest absolute Gasteiger partial charge is 0.268 e. The number of ether oxygens (including phenoxy) is 2. The number of aromatic nitrogens is 2. The zero-order valence-corrected chi connectivity index (χ0v) is 15.2. The van der Waals surface area contributed by atoms with E-state index < -0.39 is 5.91 Å². The molecule has 8 heteroatoms. The number of anilines is 1. The quantitative estimate of drug-likeness (QED) is 0.629. The van der Waals surface area contributed by atoms with Gasteiger partial charge in [-0.05, 0) is 24.3 Å². The van der Waals surface area contributed by atoms with Gasteiger partial charge in [0, 0.05) is 11.5 Å². The van der Waals surface area contributed by atoms with Gasteiger partial charge in [-0.2, -0.15) is 5.26 Å². The number of benzene rings is 1. The molecule has 0 saturated heterocycles. The number of amides is 1. The molecule has 0 unspecified atom stereocenters. The fourth-order valence-electron chi connectivity index (χ4n) is 1.94. The minimum atomic E-state index is -0.557. The van der Waals surface area contributed by atoms with Crippen LogP contribution in [-0.2, 0) is 4.79 Å². The van der Waals surface area contributed by atoms with Crippen LogP contribution in [0.15, 0.2) is 23.8 Å². The number of carbonyl (C=O) groups excluding carboxylic acids is 1. The van der Waals surface area contributed by atoms with Gasteiger partial charge in [0.05, 0.1) is 14.2 Å². The number of hydrogen-bond donors (Lipinski definition) is 1. The lowest BCUT2D eigenvalue weighted by molar-refractivity contribution is -0.112. The van der Waals surface area contributed by atoms with Gasteiger partial charge < -0.3 is 9.47 Å². The Bertz CT molecular complexity index is 837. The molecule has 0 saturated carbocycles. The second-order valence-corrected chi connectivity index (χ2v) is 6.34. The standard InChI is InChI=1S/C17H18N4O3S/c1-10(2)16-20-21-17(25-16)19-15(22)12(9-18)7-11-8-13(23-3)5-6-14(11)24-4/h5-8,10H,1-4H3,(H,19,21,22)/b12-7-. The van der Waals surface area contributed by atoms with Crippen LogP contribution in [0.3, 0.4) is 0 Å². The molecule has 0 spiro atoms. The number of rotatable bonds is 6. The molecular weight excluding hydrogens is 340 g/mol. The predicted octanol–water partition coefficient (Wildman–Crippen LogP) is 3.22. The number of nitrogens with zero attached hydrogens (tertiary/aromatic N) is 3. The molecule has 0 aliphatic heterocycles. The SMILES string of the molecule is COc1ccc(OC)c(/C=C(/C#N)C(=O)Nc2nnc(C(C)C)s2)c1. The van der Waals surface area contributed by atoms with Crippen molar-refractivity contribution in [3.05, 3.63) is 34.3 Å². The summed E-state index contributed by atoms with van der Waals surface area (Å²) in [4.78, 5) is 12.3.